The summed E-state index contributed by atoms with van der Waals surface area (Å²) in [5.74, 6) is -2.34. The molecular weight excluding hydrogens is 875 g/mol. The SMILES string of the molecule is CCc1ccc(NC(=O)[C@H](CCCNCN)NC(=O)[C@@H](NC(=O)CCOCCOCCOCCOCCOCCOCCOCCOCCNC(=O)CCN2C(=O)CC(C)C2=O)C(C)C)cc1. The predicted molar refractivity (Wildman–Crippen MR) is 249 cm³/mol. The third-order valence-corrected chi connectivity index (χ3v) is 10.2. The first-order valence-corrected chi connectivity index (χ1v) is 23.6. The van der Waals surface area contributed by atoms with Gasteiger partial charge in [-0.2, -0.15) is 0 Å². The molecule has 0 radical (unpaired) electrons. The molecule has 0 bridgehead atoms. The molecule has 382 valence electrons. The van der Waals surface area contributed by atoms with Crippen molar-refractivity contribution in [2.45, 2.75) is 78.3 Å². The molecule has 0 spiro atoms. The molecule has 3 atom stereocenters. The van der Waals surface area contributed by atoms with E-state index in [0.29, 0.717) is 137 Å². The molecule has 1 aromatic carbocycles. The Kier molecular flexibility index (Phi) is 33.2. The maximum absolute atomic E-state index is 13.4. The number of imide groups is 1. The molecule has 1 saturated heterocycles. The topological polar surface area (TPSA) is 266 Å². The number of carbonyl (C=O) groups is 6. The van der Waals surface area contributed by atoms with Gasteiger partial charge in [-0.25, -0.2) is 0 Å². The minimum atomic E-state index is -0.838. The first-order chi connectivity index (χ1) is 32.5. The summed E-state index contributed by atoms with van der Waals surface area (Å²) in [6, 6.07) is 5.92. The highest BCUT2D eigenvalue weighted by Crippen LogP contribution is 2.18. The van der Waals surface area contributed by atoms with Crippen LogP contribution in [0.25, 0.3) is 0 Å². The molecule has 0 aliphatic carbocycles. The molecule has 21 nitrogen and oxygen atoms in total. The van der Waals surface area contributed by atoms with Gasteiger partial charge in [0.2, 0.25) is 35.4 Å². The van der Waals surface area contributed by atoms with Crippen molar-refractivity contribution in [1.29, 1.82) is 0 Å². The zero-order chi connectivity index (χ0) is 48.9. The Morgan fingerprint density at radius 1 is 0.672 bits per heavy atom. The number of hydrogen-bond donors (Lipinski definition) is 6. The molecule has 1 aromatic rings. The van der Waals surface area contributed by atoms with Crippen molar-refractivity contribution in [3.05, 3.63) is 29.8 Å². The van der Waals surface area contributed by atoms with Crippen LogP contribution in [0.4, 0.5) is 5.69 Å². The van der Waals surface area contributed by atoms with Crippen molar-refractivity contribution in [3.63, 3.8) is 0 Å². The molecule has 0 aromatic heterocycles. The molecule has 1 heterocycles. The molecule has 2 rings (SSSR count). The highest BCUT2D eigenvalue weighted by Gasteiger charge is 2.35. The zero-order valence-electron chi connectivity index (χ0n) is 40.2. The Balaban J connectivity index is 1.37. The van der Waals surface area contributed by atoms with E-state index in [-0.39, 0.29) is 73.8 Å². The molecule has 1 aliphatic heterocycles. The molecule has 1 fully saturated rings. The lowest BCUT2D eigenvalue weighted by molar-refractivity contribution is -0.139. The van der Waals surface area contributed by atoms with E-state index in [4.69, 9.17) is 43.6 Å². The quantitative estimate of drug-likeness (QED) is 0.0297. The molecule has 1 unspecified atom stereocenters. The lowest BCUT2D eigenvalue weighted by Crippen LogP contribution is -2.54. The molecule has 7 N–H and O–H groups in total. The first kappa shape index (κ1) is 59.0. The second-order valence-corrected chi connectivity index (χ2v) is 16.0. The van der Waals surface area contributed by atoms with Crippen LogP contribution in [0, 0.1) is 11.8 Å². The number of rotatable bonds is 42. The maximum Gasteiger partial charge on any atom is 0.246 e. The maximum atomic E-state index is 13.4. The smallest absolute Gasteiger partial charge is 0.246 e. The molecule has 21 heteroatoms. The normalized spacial score (nSPS) is 14.7. The fourth-order valence-corrected chi connectivity index (χ4v) is 6.35. The van der Waals surface area contributed by atoms with Gasteiger partial charge in [-0.05, 0) is 49.4 Å². The van der Waals surface area contributed by atoms with E-state index in [9.17, 15) is 28.8 Å². The molecule has 0 saturated carbocycles. The fraction of sp³-hybridized carbons (Fsp3) is 0.739. The van der Waals surface area contributed by atoms with Gasteiger partial charge in [0.15, 0.2) is 0 Å². The van der Waals surface area contributed by atoms with Gasteiger partial charge in [0.1, 0.15) is 12.1 Å². The van der Waals surface area contributed by atoms with Crippen LogP contribution in [-0.4, -0.2) is 184 Å². The fourth-order valence-electron chi connectivity index (χ4n) is 6.35. The van der Waals surface area contributed by atoms with Gasteiger partial charge in [0, 0.05) is 50.6 Å². The Morgan fingerprint density at radius 3 is 1.64 bits per heavy atom. The Morgan fingerprint density at radius 2 is 1.18 bits per heavy atom. The third kappa shape index (κ3) is 28.1. The van der Waals surface area contributed by atoms with E-state index in [2.05, 4.69) is 33.5 Å². The van der Waals surface area contributed by atoms with Gasteiger partial charge in [-0.15, -0.1) is 0 Å². The van der Waals surface area contributed by atoms with E-state index in [1.165, 1.54) is 0 Å². The van der Waals surface area contributed by atoms with E-state index in [0.717, 1.165) is 16.9 Å². The van der Waals surface area contributed by atoms with Gasteiger partial charge >= 0.3 is 0 Å². The number of hydrogen-bond acceptors (Lipinski definition) is 16. The third-order valence-electron chi connectivity index (χ3n) is 10.2. The monoisotopic (exact) mass is 954 g/mol. The highest BCUT2D eigenvalue weighted by molar-refractivity contribution is 6.03. The summed E-state index contributed by atoms with van der Waals surface area (Å²) in [4.78, 5) is 76.1. The van der Waals surface area contributed by atoms with E-state index in [1.807, 2.05) is 38.1 Å². The predicted octanol–water partition coefficient (Wildman–Crippen LogP) is 0.523. The lowest BCUT2D eigenvalue weighted by atomic mass is 10.0. The van der Waals surface area contributed by atoms with Crippen molar-refractivity contribution in [3.8, 4) is 0 Å². The average molecular weight is 954 g/mol. The summed E-state index contributed by atoms with van der Waals surface area (Å²) >= 11 is 0. The van der Waals surface area contributed by atoms with Crippen LogP contribution in [0.1, 0.15) is 65.4 Å². The standard InChI is InChI=1S/C46H79N7O14/c1-5-37-8-10-38(11-9-37)50-44(57)39(7-6-14-48-34-47)51-45(58)43(35(2)3)52-41(55)13-17-60-19-21-62-23-25-64-27-29-66-31-32-67-30-28-65-26-24-63-22-20-61-18-15-49-40(54)12-16-53-42(56)33-36(4)46(53)59/h8-11,35-36,39,43,48H,5-7,12-34,47H2,1-4H3,(H,49,54)(H,50,57)(H,51,58)(H,52,55)/t36?,39-,43-/m0/s1. The van der Waals surface area contributed by atoms with Gasteiger partial charge in [0.05, 0.1) is 106 Å². The molecule has 6 amide bonds. The number of ether oxygens (including phenoxy) is 8. The summed E-state index contributed by atoms with van der Waals surface area (Å²) in [5, 5.41) is 14.3. The number of nitrogens with two attached hydrogens (primary N) is 1. The van der Waals surface area contributed by atoms with E-state index in [1.54, 1.807) is 6.92 Å². The van der Waals surface area contributed by atoms with Crippen molar-refractivity contribution in [2.75, 3.05) is 137 Å². The number of carbonyl (C=O) groups excluding carboxylic acids is 6. The van der Waals surface area contributed by atoms with Crippen molar-refractivity contribution < 1.29 is 66.7 Å². The summed E-state index contributed by atoms with van der Waals surface area (Å²) < 4.78 is 43.9. The second-order valence-electron chi connectivity index (χ2n) is 16.0. The summed E-state index contributed by atoms with van der Waals surface area (Å²) in [6.07, 6.45) is 2.21. The second kappa shape index (κ2) is 37.8. The number of nitrogens with one attached hydrogen (secondary N) is 5. The molecule has 67 heavy (non-hydrogen) atoms. The number of benzene rings is 1. The van der Waals surface area contributed by atoms with Gasteiger partial charge < -0.3 is 70.2 Å². The van der Waals surface area contributed by atoms with Crippen LogP contribution >= 0.6 is 0 Å². The van der Waals surface area contributed by atoms with E-state index < -0.39 is 18.0 Å². The minimum absolute atomic E-state index is 0.0568. The summed E-state index contributed by atoms with van der Waals surface area (Å²) in [5.41, 5.74) is 7.31. The first-order valence-electron chi connectivity index (χ1n) is 23.6. The van der Waals surface area contributed by atoms with Crippen LogP contribution in [0.15, 0.2) is 24.3 Å². The summed E-state index contributed by atoms with van der Waals surface area (Å²) in [7, 11) is 0. The molecular formula is C46H79N7O14. The highest BCUT2D eigenvalue weighted by atomic mass is 16.6. The van der Waals surface area contributed by atoms with Crippen LogP contribution in [0.3, 0.4) is 0 Å². The number of amides is 6. The van der Waals surface area contributed by atoms with Gasteiger partial charge in [0.25, 0.3) is 0 Å². The van der Waals surface area contributed by atoms with Crippen molar-refractivity contribution in [2.24, 2.45) is 17.6 Å². The lowest BCUT2D eigenvalue weighted by Gasteiger charge is -2.25. The van der Waals surface area contributed by atoms with Crippen molar-refractivity contribution >= 4 is 41.1 Å². The minimum Gasteiger partial charge on any atom is -0.379 e. The van der Waals surface area contributed by atoms with Gasteiger partial charge in [-0.1, -0.05) is 39.8 Å². The largest absolute Gasteiger partial charge is 0.379 e. The number of nitrogens with zero attached hydrogens (tertiary/aromatic N) is 1. The van der Waals surface area contributed by atoms with Crippen LogP contribution in [-0.2, 0) is 73.1 Å². The van der Waals surface area contributed by atoms with E-state index >= 15 is 0 Å². The van der Waals surface area contributed by atoms with Crippen molar-refractivity contribution in [1.82, 2.24) is 26.2 Å². The Bertz CT molecular complexity index is 1540. The summed E-state index contributed by atoms with van der Waals surface area (Å²) in [6.45, 7) is 14.7. The number of aryl methyl sites for hydroxylation is 1. The molecule has 1 aliphatic rings. The van der Waals surface area contributed by atoms with Crippen LogP contribution < -0.4 is 32.3 Å². The number of anilines is 1. The average Bonchev–Trinajstić information content (AvgIpc) is 3.56. The zero-order valence-corrected chi connectivity index (χ0v) is 40.2. The van der Waals surface area contributed by atoms with Crippen LogP contribution in [0.2, 0.25) is 0 Å². The van der Waals surface area contributed by atoms with Crippen LogP contribution in [0.5, 0.6) is 0 Å². The number of likely N-dealkylation sites (tertiary alicyclic amines) is 1. The Labute approximate surface area is 396 Å². The van der Waals surface area contributed by atoms with Gasteiger partial charge in [-0.3, -0.25) is 33.7 Å². The Hall–Kier alpha value is -4.16.